The van der Waals surface area contributed by atoms with Crippen molar-refractivity contribution in [2.45, 2.75) is 19.3 Å². The van der Waals surface area contributed by atoms with Crippen molar-refractivity contribution >= 4 is 34.9 Å². The van der Waals surface area contributed by atoms with Gasteiger partial charge in [-0.25, -0.2) is 4.79 Å². The second kappa shape index (κ2) is 11.5. The standard InChI is InChI=1S/C29H24Cl2N2O5/c1-17-13-20(30)6-10-23(17)24(15-27(32-37)19-5-12-28(34)33(2)16-19)18-3-7-21(8-4-18)38-22-9-11-26(31)25(14-22)29(35)36/h3-14,16,24,37H,15H2,1-2H3,(H,35,36). The van der Waals surface area contributed by atoms with Crippen molar-refractivity contribution in [1.29, 1.82) is 0 Å². The predicted molar refractivity (Wildman–Crippen MR) is 148 cm³/mol. The lowest BCUT2D eigenvalue weighted by Crippen LogP contribution is -2.18. The Morgan fingerprint density at radius 1 is 1.00 bits per heavy atom. The van der Waals surface area contributed by atoms with Gasteiger partial charge in [-0.15, -0.1) is 0 Å². The average Bonchev–Trinajstić information content (AvgIpc) is 2.89. The molecule has 0 amide bonds. The lowest BCUT2D eigenvalue weighted by Gasteiger charge is -2.21. The highest BCUT2D eigenvalue weighted by Crippen LogP contribution is 2.35. The highest BCUT2D eigenvalue weighted by molar-refractivity contribution is 6.33. The Hall–Kier alpha value is -4.07. The molecule has 7 nitrogen and oxygen atoms in total. The number of carboxylic acids is 1. The van der Waals surface area contributed by atoms with Crippen molar-refractivity contribution in [2.24, 2.45) is 12.2 Å². The first-order chi connectivity index (χ1) is 18.2. The number of nitrogens with zero attached hydrogens (tertiary/aromatic N) is 2. The van der Waals surface area contributed by atoms with E-state index in [4.69, 9.17) is 27.9 Å². The summed E-state index contributed by atoms with van der Waals surface area (Å²) in [6, 6.07) is 20.5. The third kappa shape index (κ3) is 6.07. The second-order valence-corrected chi connectivity index (χ2v) is 9.63. The lowest BCUT2D eigenvalue weighted by atomic mass is 9.83. The van der Waals surface area contributed by atoms with Gasteiger partial charge in [-0.2, -0.15) is 0 Å². The van der Waals surface area contributed by atoms with Crippen LogP contribution in [0.5, 0.6) is 11.5 Å². The van der Waals surface area contributed by atoms with Crippen LogP contribution in [0.3, 0.4) is 0 Å². The number of rotatable bonds is 8. The summed E-state index contributed by atoms with van der Waals surface area (Å²) in [5, 5.41) is 23.5. The first kappa shape index (κ1) is 27.0. The molecule has 9 heteroatoms. The van der Waals surface area contributed by atoms with Crippen LogP contribution >= 0.6 is 23.2 Å². The molecule has 0 fully saturated rings. The molecule has 0 aliphatic rings. The SMILES string of the molecule is Cc1cc(Cl)ccc1C(CC(=NO)c1ccc(=O)n(C)c1)c1ccc(Oc2ccc(Cl)c(C(=O)O)c2)cc1. The fourth-order valence-electron chi connectivity index (χ4n) is 4.25. The smallest absolute Gasteiger partial charge is 0.337 e. The Kier molecular flexibility index (Phi) is 8.20. The van der Waals surface area contributed by atoms with E-state index in [0.29, 0.717) is 34.2 Å². The topological polar surface area (TPSA) is 101 Å². The van der Waals surface area contributed by atoms with E-state index in [1.807, 2.05) is 37.3 Å². The molecule has 1 atom stereocenters. The zero-order valence-corrected chi connectivity index (χ0v) is 22.1. The fraction of sp³-hybridized carbons (Fsp3) is 0.138. The summed E-state index contributed by atoms with van der Waals surface area (Å²) in [5.74, 6) is -0.502. The molecule has 3 aromatic carbocycles. The van der Waals surface area contributed by atoms with Gasteiger partial charge in [0.1, 0.15) is 11.5 Å². The van der Waals surface area contributed by atoms with Crippen molar-refractivity contribution in [2.75, 3.05) is 0 Å². The van der Waals surface area contributed by atoms with Gasteiger partial charge in [0, 0.05) is 42.2 Å². The molecule has 1 heterocycles. The van der Waals surface area contributed by atoms with Gasteiger partial charge in [0.15, 0.2) is 0 Å². The highest BCUT2D eigenvalue weighted by Gasteiger charge is 2.21. The van der Waals surface area contributed by atoms with Gasteiger partial charge in [-0.05, 0) is 72.1 Å². The first-order valence-corrected chi connectivity index (χ1v) is 12.4. The monoisotopic (exact) mass is 550 g/mol. The van der Waals surface area contributed by atoms with Gasteiger partial charge in [0.05, 0.1) is 16.3 Å². The fourth-order valence-corrected chi connectivity index (χ4v) is 4.67. The van der Waals surface area contributed by atoms with Gasteiger partial charge in [-0.1, -0.05) is 46.6 Å². The molecule has 0 saturated carbocycles. The average molecular weight is 551 g/mol. The van der Waals surface area contributed by atoms with Gasteiger partial charge in [0.2, 0.25) is 5.56 Å². The number of hydrogen-bond donors (Lipinski definition) is 2. The molecular weight excluding hydrogens is 527 g/mol. The summed E-state index contributed by atoms with van der Waals surface area (Å²) in [6.07, 6.45) is 1.98. The third-order valence-electron chi connectivity index (χ3n) is 6.23. The van der Waals surface area contributed by atoms with E-state index < -0.39 is 5.97 Å². The van der Waals surface area contributed by atoms with E-state index in [1.165, 1.54) is 22.8 Å². The molecular formula is C29H24Cl2N2O5. The van der Waals surface area contributed by atoms with Crippen molar-refractivity contribution in [3.05, 3.63) is 127 Å². The number of aromatic nitrogens is 1. The quantitative estimate of drug-likeness (QED) is 0.141. The van der Waals surface area contributed by atoms with Crippen LogP contribution in [0.1, 0.15) is 45.0 Å². The maximum absolute atomic E-state index is 11.9. The van der Waals surface area contributed by atoms with E-state index in [9.17, 15) is 19.9 Å². The Morgan fingerprint density at radius 3 is 2.34 bits per heavy atom. The molecule has 2 N–H and O–H groups in total. The normalized spacial score (nSPS) is 12.3. The zero-order chi connectivity index (χ0) is 27.4. The summed E-state index contributed by atoms with van der Waals surface area (Å²) in [6.45, 7) is 1.97. The maximum Gasteiger partial charge on any atom is 0.337 e. The van der Waals surface area contributed by atoms with Crippen LogP contribution in [0.15, 0.2) is 88.9 Å². The minimum absolute atomic E-state index is 0.0479. The van der Waals surface area contributed by atoms with Crippen molar-refractivity contribution < 1.29 is 19.8 Å². The molecule has 4 rings (SSSR count). The lowest BCUT2D eigenvalue weighted by molar-refractivity contribution is 0.0696. The summed E-state index contributed by atoms with van der Waals surface area (Å²) >= 11 is 12.2. The van der Waals surface area contributed by atoms with Crippen LogP contribution in [0.2, 0.25) is 10.0 Å². The number of aryl methyl sites for hydroxylation is 2. The van der Waals surface area contributed by atoms with Crippen LogP contribution in [0.25, 0.3) is 0 Å². The van der Waals surface area contributed by atoms with E-state index in [0.717, 1.165) is 16.7 Å². The van der Waals surface area contributed by atoms with Crippen LogP contribution in [0.4, 0.5) is 0 Å². The Balaban J connectivity index is 1.68. The Bertz CT molecular complexity index is 1580. The number of halogens is 2. The number of carboxylic acid groups (broad SMARTS) is 1. The third-order valence-corrected chi connectivity index (χ3v) is 6.80. The van der Waals surface area contributed by atoms with Gasteiger partial charge in [0.25, 0.3) is 0 Å². The van der Waals surface area contributed by atoms with Crippen LogP contribution < -0.4 is 10.3 Å². The van der Waals surface area contributed by atoms with Gasteiger partial charge < -0.3 is 19.6 Å². The van der Waals surface area contributed by atoms with E-state index in [2.05, 4.69) is 5.16 Å². The van der Waals surface area contributed by atoms with E-state index in [1.54, 1.807) is 37.5 Å². The number of ether oxygens (including phenoxy) is 1. The first-order valence-electron chi connectivity index (χ1n) is 11.6. The Morgan fingerprint density at radius 2 is 1.71 bits per heavy atom. The summed E-state index contributed by atoms with van der Waals surface area (Å²) < 4.78 is 7.30. The zero-order valence-electron chi connectivity index (χ0n) is 20.6. The van der Waals surface area contributed by atoms with Gasteiger partial charge in [-0.3, -0.25) is 4.79 Å². The number of pyridine rings is 1. The minimum atomic E-state index is -1.14. The molecule has 0 bridgehead atoms. The molecule has 0 aliphatic carbocycles. The summed E-state index contributed by atoms with van der Waals surface area (Å²) in [4.78, 5) is 23.2. The molecule has 1 aromatic heterocycles. The number of carbonyl (C=O) groups is 1. The molecule has 4 aromatic rings. The molecule has 0 radical (unpaired) electrons. The van der Waals surface area contributed by atoms with Crippen molar-refractivity contribution in [1.82, 2.24) is 4.57 Å². The number of hydrogen-bond acceptors (Lipinski definition) is 5. The van der Waals surface area contributed by atoms with Crippen LogP contribution in [-0.4, -0.2) is 26.6 Å². The van der Waals surface area contributed by atoms with Crippen LogP contribution in [0, 0.1) is 6.92 Å². The molecule has 0 spiro atoms. The van der Waals surface area contributed by atoms with E-state index >= 15 is 0 Å². The highest BCUT2D eigenvalue weighted by atomic mass is 35.5. The van der Waals surface area contributed by atoms with Gasteiger partial charge >= 0.3 is 5.97 Å². The minimum Gasteiger partial charge on any atom is -0.478 e. The summed E-state index contributed by atoms with van der Waals surface area (Å²) in [5.41, 5.74) is 3.74. The molecule has 0 saturated heterocycles. The largest absolute Gasteiger partial charge is 0.478 e. The van der Waals surface area contributed by atoms with Crippen molar-refractivity contribution in [3.8, 4) is 11.5 Å². The number of oxime groups is 1. The van der Waals surface area contributed by atoms with Crippen molar-refractivity contribution in [3.63, 3.8) is 0 Å². The molecule has 194 valence electrons. The molecule has 1 unspecified atom stereocenters. The summed E-state index contributed by atoms with van der Waals surface area (Å²) in [7, 11) is 1.64. The Labute approximate surface area is 229 Å². The second-order valence-electron chi connectivity index (χ2n) is 8.79. The molecule has 38 heavy (non-hydrogen) atoms. The molecule has 0 aliphatic heterocycles. The predicted octanol–water partition coefficient (Wildman–Crippen LogP) is 6.89. The number of benzene rings is 3. The maximum atomic E-state index is 11.9. The van der Waals surface area contributed by atoms with Crippen LogP contribution in [-0.2, 0) is 7.05 Å². The van der Waals surface area contributed by atoms with E-state index in [-0.39, 0.29) is 22.1 Å². The number of aromatic carboxylic acids is 1.